The van der Waals surface area contributed by atoms with Crippen molar-refractivity contribution >= 4 is 6.29 Å². The van der Waals surface area contributed by atoms with Gasteiger partial charge in [-0.05, 0) is 0 Å². The maximum absolute atomic E-state index is 9.85. The van der Waals surface area contributed by atoms with Crippen molar-refractivity contribution in [3.63, 3.8) is 0 Å². The van der Waals surface area contributed by atoms with Crippen LogP contribution in [0.4, 0.5) is 0 Å². The number of rotatable bonds is 2. The fourth-order valence-corrected chi connectivity index (χ4v) is 0.679. The van der Waals surface area contributed by atoms with Crippen LogP contribution in [-0.4, -0.2) is 6.29 Å². The zero-order valence-corrected chi connectivity index (χ0v) is 10.4. The van der Waals surface area contributed by atoms with Crippen LogP contribution in [0.15, 0.2) is 30.3 Å². The first kappa shape index (κ1) is 14.5. The Hall–Kier alpha value is -0.00610. The van der Waals surface area contributed by atoms with Gasteiger partial charge >= 0.3 is 0 Å². The number of hydrogen-bond donors (Lipinski definition) is 0. The molecular weight excluding hydrogens is 225 g/mol. The van der Waals surface area contributed by atoms with Gasteiger partial charge in [-0.15, -0.1) is 6.42 Å². The molecule has 12 heavy (non-hydrogen) atoms. The predicted molar refractivity (Wildman–Crippen MR) is 47.2 cm³/mol. The molecule has 0 spiro atoms. The minimum absolute atomic E-state index is 0. The maximum Gasteiger partial charge on any atom is 0 e. The van der Waals surface area contributed by atoms with E-state index in [2.05, 4.69) is 0 Å². The molecule has 0 N–H and O–H groups in total. The first-order valence-electron chi connectivity index (χ1n) is 3.82. The van der Waals surface area contributed by atoms with Gasteiger partial charge in [0.2, 0.25) is 0 Å². The van der Waals surface area contributed by atoms with Crippen molar-refractivity contribution in [2.24, 2.45) is 0 Å². The van der Waals surface area contributed by atoms with Crippen molar-refractivity contribution in [2.75, 3.05) is 0 Å². The Labute approximate surface area is 99.4 Å². The fraction of sp³-hybridized carbons (Fsp3) is 0.300. The standard InChI is InChI=1S/C8H7O.C2H6.Y/c9-7-6-8-4-2-1-3-5-8;1-2;/h1-5H,6H2;1-2H3;/q-1;;. The number of carbonyl (C=O) groups excluding carboxylic acids is 1. The molecule has 0 aromatic heterocycles. The smallest absolute Gasteiger partial charge is 0 e. The van der Waals surface area contributed by atoms with Gasteiger partial charge in [0.15, 0.2) is 0 Å². The van der Waals surface area contributed by atoms with Gasteiger partial charge in [-0.2, -0.15) is 0 Å². The molecule has 0 unspecified atom stereocenters. The van der Waals surface area contributed by atoms with E-state index in [4.69, 9.17) is 0 Å². The van der Waals surface area contributed by atoms with Crippen molar-refractivity contribution in [1.29, 1.82) is 0 Å². The van der Waals surface area contributed by atoms with Crippen LogP contribution in [0.3, 0.4) is 0 Å². The van der Waals surface area contributed by atoms with Crippen molar-refractivity contribution in [1.82, 2.24) is 0 Å². The van der Waals surface area contributed by atoms with Gasteiger partial charge in [0.05, 0.1) is 0 Å². The first-order valence-corrected chi connectivity index (χ1v) is 3.82. The molecule has 63 valence electrons. The molecular formula is C10H13OY-. The van der Waals surface area contributed by atoms with E-state index in [9.17, 15) is 4.79 Å². The molecule has 1 rings (SSSR count). The normalized spacial score (nSPS) is 7.17. The second kappa shape index (κ2) is 11.0. The summed E-state index contributed by atoms with van der Waals surface area (Å²) >= 11 is 0. The van der Waals surface area contributed by atoms with E-state index >= 15 is 0 Å². The second-order valence-electron chi connectivity index (χ2n) is 1.81. The van der Waals surface area contributed by atoms with Gasteiger partial charge in [-0.1, -0.05) is 49.7 Å². The van der Waals surface area contributed by atoms with Crippen LogP contribution in [0.5, 0.6) is 0 Å². The Balaban J connectivity index is 0. The van der Waals surface area contributed by atoms with Crippen LogP contribution in [0.1, 0.15) is 19.4 Å². The molecule has 1 radical (unpaired) electrons. The summed E-state index contributed by atoms with van der Waals surface area (Å²) in [5.41, 5.74) is 1.02. The van der Waals surface area contributed by atoms with Gasteiger partial charge in [0.25, 0.3) is 0 Å². The van der Waals surface area contributed by atoms with Crippen LogP contribution in [0.25, 0.3) is 0 Å². The van der Waals surface area contributed by atoms with Crippen LogP contribution >= 0.6 is 0 Å². The van der Waals surface area contributed by atoms with Gasteiger partial charge in [-0.3, -0.25) is 6.29 Å². The summed E-state index contributed by atoms with van der Waals surface area (Å²) in [6.07, 6.45) is 2.24. The average Bonchev–Trinajstić information content (AvgIpc) is 2.11. The third-order valence-electron chi connectivity index (χ3n) is 1.12. The molecule has 0 bridgehead atoms. The van der Waals surface area contributed by atoms with Crippen molar-refractivity contribution < 1.29 is 37.5 Å². The Kier molecular flexibility index (Phi) is 13.3. The van der Waals surface area contributed by atoms with Gasteiger partial charge < -0.3 is 4.79 Å². The van der Waals surface area contributed by atoms with Crippen LogP contribution in [-0.2, 0) is 43.9 Å². The molecule has 1 aromatic rings. The molecule has 2 heteroatoms. The Bertz CT molecular complexity index is 184. The Morgan fingerprint density at radius 3 is 2.08 bits per heavy atom. The molecule has 0 fully saturated rings. The molecule has 0 heterocycles. The van der Waals surface area contributed by atoms with Crippen LogP contribution in [0.2, 0.25) is 0 Å². The summed E-state index contributed by atoms with van der Waals surface area (Å²) in [5.74, 6) is 0. The zero-order valence-electron chi connectivity index (χ0n) is 7.58. The SMILES string of the molecule is CC.O=[C-]Cc1ccccc1.[Y]. The Morgan fingerprint density at radius 1 is 1.17 bits per heavy atom. The summed E-state index contributed by atoms with van der Waals surface area (Å²) in [6.45, 7) is 4.00. The van der Waals surface area contributed by atoms with E-state index < -0.39 is 0 Å². The summed E-state index contributed by atoms with van der Waals surface area (Å²) in [7, 11) is 0. The Morgan fingerprint density at radius 2 is 1.67 bits per heavy atom. The predicted octanol–water partition coefficient (Wildman–Crippen LogP) is 2.36. The minimum Gasteiger partial charge on any atom is -0.541 e. The van der Waals surface area contributed by atoms with Gasteiger partial charge in [0, 0.05) is 32.7 Å². The summed E-state index contributed by atoms with van der Waals surface area (Å²) in [6, 6.07) is 9.56. The summed E-state index contributed by atoms with van der Waals surface area (Å²) < 4.78 is 0. The van der Waals surface area contributed by atoms with Crippen molar-refractivity contribution in [2.45, 2.75) is 20.3 Å². The van der Waals surface area contributed by atoms with Gasteiger partial charge in [-0.25, -0.2) is 0 Å². The number of hydrogen-bond acceptors (Lipinski definition) is 1. The number of benzene rings is 1. The van der Waals surface area contributed by atoms with Crippen molar-refractivity contribution in [3.8, 4) is 0 Å². The molecule has 0 atom stereocenters. The average molecular weight is 238 g/mol. The minimum atomic E-state index is 0. The third-order valence-corrected chi connectivity index (χ3v) is 1.12. The first-order chi connectivity index (χ1) is 5.43. The molecule has 0 aliphatic heterocycles. The van der Waals surface area contributed by atoms with Crippen LogP contribution in [0, 0.1) is 0 Å². The van der Waals surface area contributed by atoms with Crippen LogP contribution < -0.4 is 0 Å². The molecule has 1 nitrogen and oxygen atoms in total. The molecule has 1 aromatic carbocycles. The van der Waals surface area contributed by atoms with E-state index in [0.717, 1.165) is 5.56 Å². The maximum atomic E-state index is 9.85. The molecule has 0 amide bonds. The molecule has 0 saturated heterocycles. The third kappa shape index (κ3) is 6.69. The summed E-state index contributed by atoms with van der Waals surface area (Å²) in [5, 5.41) is 0. The zero-order chi connectivity index (χ0) is 8.53. The monoisotopic (exact) mass is 238 g/mol. The van der Waals surface area contributed by atoms with Crippen molar-refractivity contribution in [3.05, 3.63) is 35.9 Å². The quantitative estimate of drug-likeness (QED) is 0.723. The second-order valence-corrected chi connectivity index (χ2v) is 1.81. The summed E-state index contributed by atoms with van der Waals surface area (Å²) in [4.78, 5) is 9.85. The fourth-order valence-electron chi connectivity index (χ4n) is 0.679. The van der Waals surface area contributed by atoms with E-state index in [-0.39, 0.29) is 32.7 Å². The molecule has 0 saturated carbocycles. The van der Waals surface area contributed by atoms with E-state index in [1.165, 1.54) is 0 Å². The van der Waals surface area contributed by atoms with E-state index in [1.54, 1.807) is 0 Å². The topological polar surface area (TPSA) is 17.1 Å². The molecule has 0 aliphatic carbocycles. The van der Waals surface area contributed by atoms with Gasteiger partial charge in [0.1, 0.15) is 0 Å². The molecule has 0 aliphatic rings. The van der Waals surface area contributed by atoms with E-state index in [1.807, 2.05) is 50.5 Å². The largest absolute Gasteiger partial charge is 0.541 e. The van der Waals surface area contributed by atoms with E-state index in [0.29, 0.717) is 6.42 Å².